The molecule has 0 aliphatic rings. The van der Waals surface area contributed by atoms with Gasteiger partial charge in [-0.25, -0.2) is 4.99 Å². The predicted octanol–water partition coefficient (Wildman–Crippen LogP) is 4.01. The second-order valence-electron chi connectivity index (χ2n) is 7.69. The Bertz CT molecular complexity index is 794. The third-order valence-corrected chi connectivity index (χ3v) is 4.56. The average molecular weight is 443 g/mol. The highest BCUT2D eigenvalue weighted by atomic mass is 16.5. The number of benzene rings is 2. The van der Waals surface area contributed by atoms with E-state index in [-0.39, 0.29) is 0 Å². The second-order valence-corrected chi connectivity index (χ2v) is 7.69. The molecule has 7 nitrogen and oxygen atoms in total. The molecule has 2 rings (SSSR count). The van der Waals surface area contributed by atoms with Crippen molar-refractivity contribution in [1.82, 2.24) is 10.2 Å². The predicted molar refractivity (Wildman–Crippen MR) is 132 cm³/mol. The van der Waals surface area contributed by atoms with Crippen LogP contribution in [-0.2, 0) is 11.3 Å². The lowest BCUT2D eigenvalue weighted by atomic mass is 10.2. The zero-order valence-corrected chi connectivity index (χ0v) is 19.9. The van der Waals surface area contributed by atoms with E-state index in [9.17, 15) is 0 Å². The molecule has 0 atom stereocenters. The van der Waals surface area contributed by atoms with Gasteiger partial charge < -0.3 is 29.7 Å². The van der Waals surface area contributed by atoms with Gasteiger partial charge >= 0.3 is 0 Å². The van der Waals surface area contributed by atoms with E-state index in [0.29, 0.717) is 19.8 Å². The van der Waals surface area contributed by atoms with E-state index in [4.69, 9.17) is 19.2 Å². The zero-order chi connectivity index (χ0) is 23.0. The number of rotatable bonds is 14. The minimum atomic E-state index is 0.573. The molecule has 0 fully saturated rings. The van der Waals surface area contributed by atoms with E-state index in [0.717, 1.165) is 61.2 Å². The fraction of sp³-hybridized carbons (Fsp3) is 0.480. The van der Waals surface area contributed by atoms with E-state index >= 15 is 0 Å². The Morgan fingerprint density at radius 2 is 1.69 bits per heavy atom. The lowest BCUT2D eigenvalue weighted by molar-refractivity contribution is 0.172. The number of anilines is 1. The van der Waals surface area contributed by atoms with Gasteiger partial charge in [0, 0.05) is 45.0 Å². The molecule has 2 aromatic carbocycles. The zero-order valence-electron chi connectivity index (χ0n) is 19.9. The Kier molecular flexibility index (Phi) is 12.0. The summed E-state index contributed by atoms with van der Waals surface area (Å²) in [7, 11) is 5.84. The van der Waals surface area contributed by atoms with Gasteiger partial charge in [0.1, 0.15) is 11.5 Å². The average Bonchev–Trinajstić information content (AvgIpc) is 2.79. The summed E-state index contributed by atoms with van der Waals surface area (Å²) in [5, 5.41) is 6.64. The number of nitrogens with one attached hydrogen (secondary N) is 2. The largest absolute Gasteiger partial charge is 0.494 e. The summed E-state index contributed by atoms with van der Waals surface area (Å²) in [4.78, 5) is 6.87. The number of ether oxygens (including phenoxy) is 3. The SMILES string of the molecule is CCNC(=NCc1ccc(OCCCN(C)C)cc1)Nc1cccc(OCCCOC)c1. The van der Waals surface area contributed by atoms with Crippen LogP contribution in [0.2, 0.25) is 0 Å². The second kappa shape index (κ2) is 15.1. The molecule has 0 saturated carbocycles. The molecule has 0 aliphatic carbocycles. The quantitative estimate of drug-likeness (QED) is 0.262. The molecule has 2 aromatic rings. The van der Waals surface area contributed by atoms with Crippen molar-refractivity contribution in [2.45, 2.75) is 26.3 Å². The third kappa shape index (κ3) is 10.5. The monoisotopic (exact) mass is 442 g/mol. The van der Waals surface area contributed by atoms with Crippen LogP contribution in [0.1, 0.15) is 25.3 Å². The summed E-state index contributed by atoms with van der Waals surface area (Å²) >= 11 is 0. The van der Waals surface area contributed by atoms with Gasteiger partial charge in [-0.05, 0) is 57.3 Å². The van der Waals surface area contributed by atoms with Gasteiger partial charge in [-0.15, -0.1) is 0 Å². The molecule has 0 amide bonds. The van der Waals surface area contributed by atoms with Crippen LogP contribution in [-0.4, -0.2) is 65.0 Å². The fourth-order valence-electron chi connectivity index (χ4n) is 2.93. The number of methoxy groups -OCH3 is 1. The summed E-state index contributed by atoms with van der Waals surface area (Å²) in [6.07, 6.45) is 1.87. The molecule has 0 aromatic heterocycles. The van der Waals surface area contributed by atoms with Crippen molar-refractivity contribution in [3.8, 4) is 11.5 Å². The standard InChI is InChI=1S/C25H38N4O3/c1-5-26-25(28-22-9-6-10-24(19-22)32-18-8-16-30-4)27-20-21-11-13-23(14-12-21)31-17-7-15-29(2)3/h6,9-14,19H,5,7-8,15-18,20H2,1-4H3,(H2,26,27,28). The van der Waals surface area contributed by atoms with E-state index in [2.05, 4.69) is 48.7 Å². The van der Waals surface area contributed by atoms with Crippen LogP contribution in [0.3, 0.4) is 0 Å². The molecule has 0 saturated heterocycles. The molecule has 0 heterocycles. The van der Waals surface area contributed by atoms with Crippen LogP contribution < -0.4 is 20.1 Å². The van der Waals surface area contributed by atoms with Crippen LogP contribution in [0.25, 0.3) is 0 Å². The maximum absolute atomic E-state index is 5.80. The normalized spacial score (nSPS) is 11.5. The molecule has 0 unspecified atom stereocenters. The smallest absolute Gasteiger partial charge is 0.196 e. The molecule has 0 radical (unpaired) electrons. The van der Waals surface area contributed by atoms with Gasteiger partial charge in [-0.2, -0.15) is 0 Å². The maximum atomic E-state index is 5.80. The lowest BCUT2D eigenvalue weighted by Gasteiger charge is -2.13. The number of aliphatic imine (C=N–C) groups is 1. The van der Waals surface area contributed by atoms with Gasteiger partial charge in [-0.1, -0.05) is 18.2 Å². The van der Waals surface area contributed by atoms with Crippen molar-refractivity contribution in [1.29, 1.82) is 0 Å². The van der Waals surface area contributed by atoms with E-state index < -0.39 is 0 Å². The number of hydrogen-bond acceptors (Lipinski definition) is 5. The Hall–Kier alpha value is -2.77. The highest BCUT2D eigenvalue weighted by Crippen LogP contribution is 2.18. The minimum absolute atomic E-state index is 0.573. The first kappa shape index (κ1) is 25.5. The van der Waals surface area contributed by atoms with Crippen molar-refractivity contribution >= 4 is 11.6 Å². The molecule has 7 heteroatoms. The summed E-state index contributed by atoms with van der Waals surface area (Å²) in [6.45, 7) is 6.46. The molecule has 0 spiro atoms. The molecule has 0 aliphatic heterocycles. The molecular weight excluding hydrogens is 404 g/mol. The maximum Gasteiger partial charge on any atom is 0.196 e. The Morgan fingerprint density at radius 3 is 2.41 bits per heavy atom. The Labute approximate surface area is 192 Å². The van der Waals surface area contributed by atoms with Gasteiger partial charge in [0.15, 0.2) is 5.96 Å². The van der Waals surface area contributed by atoms with Crippen molar-refractivity contribution in [3.63, 3.8) is 0 Å². The molecular formula is C25H38N4O3. The first-order chi connectivity index (χ1) is 15.6. The topological polar surface area (TPSA) is 67.4 Å². The molecule has 32 heavy (non-hydrogen) atoms. The number of hydrogen-bond donors (Lipinski definition) is 2. The van der Waals surface area contributed by atoms with E-state index in [1.54, 1.807) is 7.11 Å². The summed E-state index contributed by atoms with van der Waals surface area (Å²) in [5.74, 6) is 2.44. The van der Waals surface area contributed by atoms with Crippen LogP contribution in [0.4, 0.5) is 5.69 Å². The van der Waals surface area contributed by atoms with Gasteiger partial charge in [0.25, 0.3) is 0 Å². The van der Waals surface area contributed by atoms with Gasteiger partial charge in [0.05, 0.1) is 19.8 Å². The summed E-state index contributed by atoms with van der Waals surface area (Å²) in [6, 6.07) is 16.0. The Balaban J connectivity index is 1.88. The van der Waals surface area contributed by atoms with Crippen molar-refractivity contribution < 1.29 is 14.2 Å². The highest BCUT2D eigenvalue weighted by molar-refractivity contribution is 5.93. The van der Waals surface area contributed by atoms with Gasteiger partial charge in [0.2, 0.25) is 0 Å². The number of guanidine groups is 1. The van der Waals surface area contributed by atoms with Crippen LogP contribution in [0, 0.1) is 0 Å². The Morgan fingerprint density at radius 1 is 0.938 bits per heavy atom. The number of nitrogens with zero attached hydrogens (tertiary/aromatic N) is 2. The fourth-order valence-corrected chi connectivity index (χ4v) is 2.93. The van der Waals surface area contributed by atoms with Crippen molar-refractivity contribution in [2.24, 2.45) is 4.99 Å². The first-order valence-corrected chi connectivity index (χ1v) is 11.2. The van der Waals surface area contributed by atoms with E-state index in [1.807, 2.05) is 36.4 Å². The lowest BCUT2D eigenvalue weighted by Crippen LogP contribution is -2.30. The molecule has 176 valence electrons. The van der Waals surface area contributed by atoms with E-state index in [1.165, 1.54) is 0 Å². The third-order valence-electron chi connectivity index (χ3n) is 4.56. The molecule has 2 N–H and O–H groups in total. The summed E-state index contributed by atoms with van der Waals surface area (Å²) in [5.41, 5.74) is 2.05. The minimum Gasteiger partial charge on any atom is -0.494 e. The highest BCUT2D eigenvalue weighted by Gasteiger charge is 2.03. The van der Waals surface area contributed by atoms with Crippen molar-refractivity contribution in [2.75, 3.05) is 59.4 Å². The van der Waals surface area contributed by atoms with Crippen LogP contribution in [0.15, 0.2) is 53.5 Å². The first-order valence-electron chi connectivity index (χ1n) is 11.2. The van der Waals surface area contributed by atoms with Crippen molar-refractivity contribution in [3.05, 3.63) is 54.1 Å². The van der Waals surface area contributed by atoms with Crippen LogP contribution >= 0.6 is 0 Å². The van der Waals surface area contributed by atoms with Gasteiger partial charge in [-0.3, -0.25) is 0 Å². The molecule has 0 bridgehead atoms. The summed E-state index contributed by atoms with van der Waals surface area (Å²) < 4.78 is 16.6. The van der Waals surface area contributed by atoms with Crippen LogP contribution in [0.5, 0.6) is 11.5 Å².